The van der Waals surface area contributed by atoms with Crippen LogP contribution in [0, 0.1) is 17.5 Å². The van der Waals surface area contributed by atoms with Gasteiger partial charge in [-0.2, -0.15) is 0 Å². The first-order valence-corrected chi connectivity index (χ1v) is 8.10. The van der Waals surface area contributed by atoms with E-state index in [4.69, 9.17) is 0 Å². The summed E-state index contributed by atoms with van der Waals surface area (Å²) in [4.78, 5) is 4.55. The van der Waals surface area contributed by atoms with Crippen molar-refractivity contribution in [2.24, 2.45) is 0 Å². The Kier molecular flexibility index (Phi) is 3.58. The zero-order valence-electron chi connectivity index (χ0n) is 12.3. The van der Waals surface area contributed by atoms with Gasteiger partial charge in [-0.3, -0.25) is 0 Å². The van der Waals surface area contributed by atoms with Crippen LogP contribution in [0.5, 0.6) is 0 Å². The van der Waals surface area contributed by atoms with Crippen molar-refractivity contribution < 1.29 is 13.2 Å². The van der Waals surface area contributed by atoms with Crippen LogP contribution < -0.4 is 0 Å². The van der Waals surface area contributed by atoms with Crippen LogP contribution in [0.3, 0.4) is 0 Å². The number of thiophene rings is 1. The zero-order chi connectivity index (χ0) is 16.7. The Morgan fingerprint density at radius 2 is 1.50 bits per heavy atom. The minimum absolute atomic E-state index is 0.207. The third-order valence-electron chi connectivity index (χ3n) is 3.78. The van der Waals surface area contributed by atoms with Crippen molar-refractivity contribution in [3.8, 4) is 22.4 Å². The Morgan fingerprint density at radius 3 is 2.21 bits per heavy atom. The summed E-state index contributed by atoms with van der Waals surface area (Å²) in [5, 5.41) is 2.00. The van der Waals surface area contributed by atoms with Gasteiger partial charge in [-0.15, -0.1) is 11.3 Å². The average molecular weight is 341 g/mol. The summed E-state index contributed by atoms with van der Waals surface area (Å²) in [7, 11) is 0. The molecule has 1 nitrogen and oxygen atoms in total. The molecule has 5 heteroatoms. The SMILES string of the molecule is Fc1cc(-c2ccc3scc(-c4ccccc4)c3n2)cc(F)c1F. The van der Waals surface area contributed by atoms with Crippen molar-refractivity contribution in [3.05, 3.63) is 77.4 Å². The molecule has 0 saturated heterocycles. The van der Waals surface area contributed by atoms with E-state index in [-0.39, 0.29) is 5.56 Å². The number of pyridine rings is 1. The molecule has 0 saturated carbocycles. The van der Waals surface area contributed by atoms with Crippen molar-refractivity contribution >= 4 is 21.6 Å². The van der Waals surface area contributed by atoms with E-state index in [0.717, 1.165) is 33.5 Å². The smallest absolute Gasteiger partial charge is 0.194 e. The molecule has 24 heavy (non-hydrogen) atoms. The molecule has 0 amide bonds. The number of fused-ring (bicyclic) bond motifs is 1. The van der Waals surface area contributed by atoms with Gasteiger partial charge in [0.25, 0.3) is 0 Å². The molecule has 0 N–H and O–H groups in total. The molecule has 2 aromatic heterocycles. The highest BCUT2D eigenvalue weighted by atomic mass is 32.1. The van der Waals surface area contributed by atoms with E-state index in [1.165, 1.54) is 0 Å². The van der Waals surface area contributed by atoms with Crippen molar-refractivity contribution in [2.45, 2.75) is 0 Å². The summed E-state index contributed by atoms with van der Waals surface area (Å²) in [6.45, 7) is 0. The van der Waals surface area contributed by atoms with Crippen LogP contribution in [-0.2, 0) is 0 Å². The summed E-state index contributed by atoms with van der Waals surface area (Å²) >= 11 is 1.55. The van der Waals surface area contributed by atoms with Crippen LogP contribution in [0.2, 0.25) is 0 Å². The van der Waals surface area contributed by atoms with Crippen LogP contribution in [-0.4, -0.2) is 4.98 Å². The van der Waals surface area contributed by atoms with Gasteiger partial charge in [0.05, 0.1) is 15.9 Å². The lowest BCUT2D eigenvalue weighted by Gasteiger charge is -2.05. The highest BCUT2D eigenvalue weighted by molar-refractivity contribution is 7.17. The Morgan fingerprint density at radius 1 is 0.792 bits per heavy atom. The van der Waals surface area contributed by atoms with E-state index in [2.05, 4.69) is 4.98 Å². The number of rotatable bonds is 2. The molecule has 0 aliphatic rings. The average Bonchev–Trinajstić information content (AvgIpc) is 3.03. The van der Waals surface area contributed by atoms with Gasteiger partial charge in [-0.05, 0) is 29.8 Å². The largest absolute Gasteiger partial charge is 0.246 e. The molecule has 0 atom stereocenters. The summed E-state index contributed by atoms with van der Waals surface area (Å²) in [6.07, 6.45) is 0. The Balaban J connectivity index is 1.90. The van der Waals surface area contributed by atoms with Crippen molar-refractivity contribution in [1.82, 2.24) is 4.98 Å². The molecule has 0 aliphatic carbocycles. The van der Waals surface area contributed by atoms with Gasteiger partial charge in [-0.1, -0.05) is 30.3 Å². The van der Waals surface area contributed by atoms with Gasteiger partial charge in [0.1, 0.15) is 0 Å². The molecular weight excluding hydrogens is 331 g/mol. The Bertz CT molecular complexity index is 1020. The maximum atomic E-state index is 13.5. The molecular formula is C19H10F3NS. The second kappa shape index (κ2) is 5.76. The molecule has 0 spiro atoms. The molecule has 0 aliphatic heterocycles. The van der Waals surface area contributed by atoms with Gasteiger partial charge in [0.15, 0.2) is 17.5 Å². The molecule has 0 radical (unpaired) electrons. The monoisotopic (exact) mass is 341 g/mol. The van der Waals surface area contributed by atoms with Crippen LogP contribution in [0.25, 0.3) is 32.6 Å². The second-order valence-electron chi connectivity index (χ2n) is 5.31. The number of aromatic nitrogens is 1. The normalized spacial score (nSPS) is 11.1. The first-order chi connectivity index (χ1) is 11.6. The van der Waals surface area contributed by atoms with Crippen molar-refractivity contribution in [2.75, 3.05) is 0 Å². The molecule has 0 unspecified atom stereocenters. The molecule has 0 fully saturated rings. The van der Waals surface area contributed by atoms with E-state index in [0.29, 0.717) is 5.69 Å². The lowest BCUT2D eigenvalue weighted by molar-refractivity contribution is 0.447. The lowest BCUT2D eigenvalue weighted by Crippen LogP contribution is -1.93. The Labute approximate surface area is 140 Å². The molecule has 0 bridgehead atoms. The highest BCUT2D eigenvalue weighted by Crippen LogP contribution is 2.34. The first-order valence-electron chi connectivity index (χ1n) is 7.22. The van der Waals surface area contributed by atoms with E-state index in [9.17, 15) is 13.2 Å². The van der Waals surface area contributed by atoms with Gasteiger partial charge < -0.3 is 0 Å². The maximum Gasteiger partial charge on any atom is 0.194 e. The molecule has 118 valence electrons. The second-order valence-corrected chi connectivity index (χ2v) is 6.22. The summed E-state index contributed by atoms with van der Waals surface area (Å²) < 4.78 is 41.1. The topological polar surface area (TPSA) is 12.9 Å². The molecule has 2 aromatic carbocycles. The minimum Gasteiger partial charge on any atom is -0.246 e. The fourth-order valence-electron chi connectivity index (χ4n) is 2.60. The fraction of sp³-hybridized carbons (Fsp3) is 0. The summed E-state index contributed by atoms with van der Waals surface area (Å²) in [5.74, 6) is -3.92. The lowest BCUT2D eigenvalue weighted by atomic mass is 10.1. The molecule has 4 rings (SSSR count). The van der Waals surface area contributed by atoms with Gasteiger partial charge in [0, 0.05) is 16.5 Å². The molecule has 4 aromatic rings. The van der Waals surface area contributed by atoms with Crippen LogP contribution >= 0.6 is 11.3 Å². The fourth-order valence-corrected chi connectivity index (χ4v) is 3.51. The quantitative estimate of drug-likeness (QED) is 0.405. The third-order valence-corrected chi connectivity index (χ3v) is 4.72. The van der Waals surface area contributed by atoms with E-state index in [1.807, 2.05) is 41.8 Å². The number of nitrogens with zero attached hydrogens (tertiary/aromatic N) is 1. The van der Waals surface area contributed by atoms with E-state index in [1.54, 1.807) is 17.4 Å². The maximum absolute atomic E-state index is 13.5. The summed E-state index contributed by atoms with van der Waals surface area (Å²) in [6, 6.07) is 15.2. The molecule has 2 heterocycles. The van der Waals surface area contributed by atoms with Gasteiger partial charge in [0.2, 0.25) is 0 Å². The van der Waals surface area contributed by atoms with E-state index < -0.39 is 17.5 Å². The van der Waals surface area contributed by atoms with Crippen molar-refractivity contribution in [1.29, 1.82) is 0 Å². The predicted molar refractivity (Wildman–Crippen MR) is 90.4 cm³/mol. The standard InChI is InChI=1S/C19H10F3NS/c20-14-8-12(9-15(21)18(14)22)16-6-7-17-19(23-16)13(10-24-17)11-4-2-1-3-5-11/h1-10H. The minimum atomic E-state index is -1.47. The number of hydrogen-bond donors (Lipinski definition) is 0. The predicted octanol–water partition coefficient (Wildman–Crippen LogP) is 6.05. The highest BCUT2D eigenvalue weighted by Gasteiger charge is 2.14. The number of benzene rings is 2. The van der Waals surface area contributed by atoms with Crippen LogP contribution in [0.1, 0.15) is 0 Å². The van der Waals surface area contributed by atoms with Crippen molar-refractivity contribution in [3.63, 3.8) is 0 Å². The Hall–Kier alpha value is -2.66. The third kappa shape index (κ3) is 2.47. The number of hydrogen-bond acceptors (Lipinski definition) is 2. The number of halogens is 3. The van der Waals surface area contributed by atoms with Gasteiger partial charge in [-0.25, -0.2) is 18.2 Å². The zero-order valence-corrected chi connectivity index (χ0v) is 13.1. The van der Waals surface area contributed by atoms with Crippen LogP contribution in [0.4, 0.5) is 13.2 Å². The van der Waals surface area contributed by atoms with E-state index >= 15 is 0 Å². The first kappa shape index (κ1) is 14.9. The summed E-state index contributed by atoms with van der Waals surface area (Å²) in [5.41, 5.74) is 3.34. The van der Waals surface area contributed by atoms with Gasteiger partial charge >= 0.3 is 0 Å². The van der Waals surface area contributed by atoms with Crippen LogP contribution in [0.15, 0.2) is 60.0 Å².